The number of esters is 1. The lowest BCUT2D eigenvalue weighted by Crippen LogP contribution is -2.28. The average Bonchev–Trinajstić information content (AvgIpc) is 3.17. The summed E-state index contributed by atoms with van der Waals surface area (Å²) in [4.78, 5) is 39.0. The molecule has 3 aromatic carbocycles. The van der Waals surface area contributed by atoms with Crippen molar-refractivity contribution in [1.29, 1.82) is 0 Å². The molecule has 0 bridgehead atoms. The third-order valence-electron chi connectivity index (χ3n) is 5.40. The van der Waals surface area contributed by atoms with Crippen LogP contribution in [0.4, 0.5) is 11.4 Å². The molecule has 6 nitrogen and oxygen atoms in total. The molecule has 1 N–H and O–H groups in total. The summed E-state index contributed by atoms with van der Waals surface area (Å²) in [7, 11) is 0. The third kappa shape index (κ3) is 4.64. The number of halogens is 2. The van der Waals surface area contributed by atoms with Crippen LogP contribution in [0, 0.1) is 12.8 Å². The van der Waals surface area contributed by atoms with Crippen LogP contribution < -0.4 is 10.2 Å². The van der Waals surface area contributed by atoms with Crippen LogP contribution in [0.1, 0.15) is 12.0 Å². The number of carbonyl (C=O) groups excluding carboxylic acids is 3. The summed E-state index contributed by atoms with van der Waals surface area (Å²) in [5.41, 5.74) is 2.12. The Kier molecular flexibility index (Phi) is 6.48. The van der Waals surface area contributed by atoms with Gasteiger partial charge in [-0.1, -0.05) is 48.0 Å². The maximum Gasteiger partial charge on any atom is 0.311 e. The van der Waals surface area contributed by atoms with E-state index in [1.54, 1.807) is 17.0 Å². The van der Waals surface area contributed by atoms with E-state index in [0.717, 1.165) is 26.5 Å². The van der Waals surface area contributed by atoms with Gasteiger partial charge in [0, 0.05) is 28.5 Å². The Morgan fingerprint density at radius 3 is 2.75 bits per heavy atom. The highest BCUT2D eigenvalue weighted by Gasteiger charge is 2.37. The second-order valence-electron chi connectivity index (χ2n) is 7.64. The predicted molar refractivity (Wildman–Crippen MR) is 128 cm³/mol. The fraction of sp³-hybridized carbons (Fsp3) is 0.208. The van der Waals surface area contributed by atoms with Crippen molar-refractivity contribution in [3.63, 3.8) is 0 Å². The van der Waals surface area contributed by atoms with E-state index in [2.05, 4.69) is 21.2 Å². The zero-order valence-electron chi connectivity index (χ0n) is 17.2. The van der Waals surface area contributed by atoms with Crippen LogP contribution >= 0.6 is 27.5 Å². The van der Waals surface area contributed by atoms with Gasteiger partial charge in [0.15, 0.2) is 6.61 Å². The van der Waals surface area contributed by atoms with Crippen molar-refractivity contribution in [3.05, 3.63) is 69.7 Å². The van der Waals surface area contributed by atoms with Crippen molar-refractivity contribution in [2.24, 2.45) is 5.92 Å². The molecule has 1 aliphatic rings. The topological polar surface area (TPSA) is 75.7 Å². The molecule has 1 saturated heterocycles. The number of carbonyl (C=O) groups is 3. The summed E-state index contributed by atoms with van der Waals surface area (Å²) >= 11 is 9.41. The second kappa shape index (κ2) is 9.30. The number of nitrogens with zero attached hydrogens (tertiary/aromatic N) is 1. The number of hydrogen-bond donors (Lipinski definition) is 1. The van der Waals surface area contributed by atoms with Gasteiger partial charge in [-0.25, -0.2) is 0 Å². The van der Waals surface area contributed by atoms with Gasteiger partial charge in [0.05, 0.1) is 16.6 Å². The molecular formula is C24H20BrClN2O4. The molecule has 0 unspecified atom stereocenters. The summed E-state index contributed by atoms with van der Waals surface area (Å²) in [6.45, 7) is 1.61. The average molecular weight is 516 g/mol. The first-order chi connectivity index (χ1) is 15.3. The number of hydrogen-bond acceptors (Lipinski definition) is 4. The molecule has 1 fully saturated rings. The zero-order chi connectivity index (χ0) is 22.8. The van der Waals surface area contributed by atoms with E-state index < -0.39 is 24.4 Å². The molecule has 1 atom stereocenters. The molecule has 8 heteroatoms. The number of nitrogens with one attached hydrogen (secondary N) is 1. The number of fused-ring (bicyclic) bond motifs is 1. The summed E-state index contributed by atoms with van der Waals surface area (Å²) in [5, 5.41) is 5.11. The Hall–Kier alpha value is -2.90. The Labute approximate surface area is 198 Å². The molecule has 32 heavy (non-hydrogen) atoms. The molecular weight excluding hydrogens is 496 g/mol. The maximum absolute atomic E-state index is 12.6. The Morgan fingerprint density at radius 2 is 1.94 bits per heavy atom. The largest absolute Gasteiger partial charge is 0.455 e. The van der Waals surface area contributed by atoms with E-state index in [-0.39, 0.29) is 18.9 Å². The van der Waals surface area contributed by atoms with Gasteiger partial charge in [0.2, 0.25) is 5.91 Å². The summed E-state index contributed by atoms with van der Waals surface area (Å²) in [6, 6.07) is 16.9. The van der Waals surface area contributed by atoms with E-state index in [4.69, 9.17) is 16.3 Å². The Morgan fingerprint density at radius 1 is 1.19 bits per heavy atom. The summed E-state index contributed by atoms with van der Waals surface area (Å²) < 4.78 is 5.93. The SMILES string of the molecule is Cc1cc(Br)c(Cl)cc1NC(=O)COC(=O)[C@@H]1CC(=O)N(c2cccc3ccccc23)C1. The van der Waals surface area contributed by atoms with E-state index in [1.165, 1.54) is 0 Å². The van der Waals surface area contributed by atoms with Crippen molar-refractivity contribution in [1.82, 2.24) is 0 Å². The maximum atomic E-state index is 12.6. The van der Waals surface area contributed by atoms with Crippen LogP contribution in [-0.2, 0) is 19.1 Å². The van der Waals surface area contributed by atoms with Crippen LogP contribution in [0.25, 0.3) is 10.8 Å². The van der Waals surface area contributed by atoms with Crippen molar-refractivity contribution in [2.45, 2.75) is 13.3 Å². The smallest absolute Gasteiger partial charge is 0.311 e. The number of rotatable bonds is 5. The predicted octanol–water partition coefficient (Wildman–Crippen LogP) is 5.10. The van der Waals surface area contributed by atoms with E-state index in [0.29, 0.717) is 10.7 Å². The minimum absolute atomic E-state index is 0.0467. The monoisotopic (exact) mass is 514 g/mol. The highest BCUT2D eigenvalue weighted by molar-refractivity contribution is 9.10. The van der Waals surface area contributed by atoms with Crippen molar-refractivity contribution < 1.29 is 19.1 Å². The van der Waals surface area contributed by atoms with Crippen LogP contribution in [0.3, 0.4) is 0 Å². The standard InChI is InChI=1S/C24H20BrClN2O4/c1-14-9-18(25)19(26)11-20(14)27-22(29)13-32-24(31)16-10-23(30)28(12-16)21-8-4-6-15-5-2-3-7-17(15)21/h2-9,11,16H,10,12-13H2,1H3,(H,27,29)/t16-/m1/s1. The summed E-state index contributed by atoms with van der Waals surface area (Å²) in [6.07, 6.45) is 0.0467. The van der Waals surface area contributed by atoms with E-state index >= 15 is 0 Å². The zero-order valence-corrected chi connectivity index (χ0v) is 19.6. The fourth-order valence-electron chi connectivity index (χ4n) is 3.76. The molecule has 164 valence electrons. The molecule has 1 heterocycles. The van der Waals surface area contributed by atoms with Gasteiger partial charge in [-0.05, 0) is 52.0 Å². The van der Waals surface area contributed by atoms with Gasteiger partial charge in [-0.15, -0.1) is 0 Å². The fourth-order valence-corrected chi connectivity index (χ4v) is 4.39. The quantitative estimate of drug-likeness (QED) is 0.480. The highest BCUT2D eigenvalue weighted by atomic mass is 79.9. The molecule has 0 spiro atoms. The van der Waals surface area contributed by atoms with Gasteiger partial charge in [0.25, 0.3) is 5.91 Å². The molecule has 0 saturated carbocycles. The van der Waals surface area contributed by atoms with Gasteiger partial charge in [-0.3, -0.25) is 14.4 Å². The number of benzene rings is 3. The molecule has 1 aliphatic heterocycles. The van der Waals surface area contributed by atoms with Crippen LogP contribution in [0.2, 0.25) is 5.02 Å². The Balaban J connectivity index is 1.38. The lowest BCUT2D eigenvalue weighted by atomic mass is 10.1. The van der Waals surface area contributed by atoms with Crippen LogP contribution in [-0.4, -0.2) is 30.9 Å². The number of amides is 2. The van der Waals surface area contributed by atoms with Crippen LogP contribution in [0.5, 0.6) is 0 Å². The molecule has 0 radical (unpaired) electrons. The van der Waals surface area contributed by atoms with Gasteiger partial charge >= 0.3 is 5.97 Å². The number of aryl methyl sites for hydroxylation is 1. The molecule has 0 aliphatic carbocycles. The first-order valence-electron chi connectivity index (χ1n) is 10.0. The second-order valence-corrected chi connectivity index (χ2v) is 8.90. The highest BCUT2D eigenvalue weighted by Crippen LogP contribution is 2.32. The number of anilines is 2. The van der Waals surface area contributed by atoms with Gasteiger partial charge < -0.3 is 15.0 Å². The molecule has 4 rings (SSSR count). The molecule has 2 amide bonds. The third-order valence-corrected chi connectivity index (χ3v) is 6.60. The Bertz CT molecular complexity index is 1220. The van der Waals surface area contributed by atoms with Crippen molar-refractivity contribution in [3.8, 4) is 0 Å². The van der Waals surface area contributed by atoms with E-state index in [9.17, 15) is 14.4 Å². The number of ether oxygens (including phenoxy) is 1. The molecule has 3 aromatic rings. The lowest BCUT2D eigenvalue weighted by Gasteiger charge is -2.19. The van der Waals surface area contributed by atoms with Gasteiger partial charge in [0.1, 0.15) is 0 Å². The van der Waals surface area contributed by atoms with Crippen molar-refractivity contribution in [2.75, 3.05) is 23.4 Å². The first kappa shape index (κ1) is 22.3. The molecule has 0 aromatic heterocycles. The lowest BCUT2D eigenvalue weighted by molar-refractivity contribution is -0.151. The summed E-state index contributed by atoms with van der Waals surface area (Å²) in [5.74, 6) is -1.82. The minimum atomic E-state index is -0.627. The minimum Gasteiger partial charge on any atom is -0.455 e. The van der Waals surface area contributed by atoms with Crippen molar-refractivity contribution >= 4 is 67.5 Å². The van der Waals surface area contributed by atoms with E-state index in [1.807, 2.05) is 49.4 Å². The van der Waals surface area contributed by atoms with Gasteiger partial charge in [-0.2, -0.15) is 0 Å². The first-order valence-corrected chi connectivity index (χ1v) is 11.2. The van der Waals surface area contributed by atoms with Crippen LogP contribution in [0.15, 0.2) is 59.1 Å². The normalized spacial score (nSPS) is 15.8.